The van der Waals surface area contributed by atoms with Gasteiger partial charge in [-0.15, -0.1) is 0 Å². The van der Waals surface area contributed by atoms with Gasteiger partial charge >= 0.3 is 7.12 Å². The van der Waals surface area contributed by atoms with E-state index in [0.29, 0.717) is 12.2 Å². The van der Waals surface area contributed by atoms with E-state index in [1.54, 1.807) is 18.5 Å². The van der Waals surface area contributed by atoms with Crippen LogP contribution in [0.5, 0.6) is 0 Å². The van der Waals surface area contributed by atoms with Crippen LogP contribution in [-0.2, 0) is 18.9 Å². The maximum absolute atomic E-state index is 11.9. The van der Waals surface area contributed by atoms with Crippen molar-refractivity contribution in [1.82, 2.24) is 10.3 Å². The first-order valence-corrected chi connectivity index (χ1v) is 7.95. The monoisotopic (exact) mass is 333 g/mol. The number of carbonyl (C=O) groups is 2. The minimum absolute atomic E-state index is 0.160. The first-order valence-electron chi connectivity index (χ1n) is 7.95. The summed E-state index contributed by atoms with van der Waals surface area (Å²) in [5.74, 6) is -0.358. The highest BCUT2D eigenvalue weighted by Crippen LogP contribution is 2.36. The van der Waals surface area contributed by atoms with Crippen LogP contribution in [0.15, 0.2) is 18.5 Å². The minimum atomic E-state index is -0.529. The van der Waals surface area contributed by atoms with E-state index >= 15 is 0 Å². The fourth-order valence-corrected chi connectivity index (χ4v) is 2.21. The number of nitrogens with one attached hydrogen (secondary N) is 2. The van der Waals surface area contributed by atoms with E-state index in [-0.39, 0.29) is 18.2 Å². The largest absolute Gasteiger partial charge is 0.496 e. The van der Waals surface area contributed by atoms with E-state index in [1.165, 1.54) is 6.92 Å². The Labute approximate surface area is 142 Å². The molecule has 2 rings (SSSR count). The number of rotatable bonds is 5. The molecule has 1 aliphatic heterocycles. The summed E-state index contributed by atoms with van der Waals surface area (Å²) in [5, 5.41) is 5.34. The number of pyridine rings is 1. The van der Waals surface area contributed by atoms with Crippen LogP contribution in [-0.4, -0.2) is 41.7 Å². The highest BCUT2D eigenvalue weighted by Gasteiger charge is 2.51. The van der Waals surface area contributed by atoms with Crippen molar-refractivity contribution >= 4 is 30.1 Å². The van der Waals surface area contributed by atoms with Crippen LogP contribution < -0.4 is 16.1 Å². The molecule has 8 heteroatoms. The standard InChI is InChI=1S/C16H24BN3O4/c1-11(21)19-7-6-14(22)20-13-8-12(9-18-10-13)17-23-15(2,3)16(4,5)24-17/h8-10H,6-7H2,1-5H3,(H,19,21)(H,20,22). The second-order valence-electron chi connectivity index (χ2n) is 6.88. The SMILES string of the molecule is CC(=O)NCCC(=O)Nc1cncc(B2OC(C)(C)C(C)(C)O2)c1. The maximum atomic E-state index is 11.9. The molecule has 0 radical (unpaired) electrons. The lowest BCUT2D eigenvalue weighted by Crippen LogP contribution is -2.41. The normalized spacial score (nSPS) is 18.3. The van der Waals surface area contributed by atoms with Crippen LogP contribution in [0.2, 0.25) is 0 Å². The average Bonchev–Trinajstić information content (AvgIpc) is 2.67. The molecule has 1 aromatic rings. The Bertz CT molecular complexity index is 618. The molecule has 1 saturated heterocycles. The van der Waals surface area contributed by atoms with Crippen LogP contribution in [0.1, 0.15) is 41.0 Å². The topological polar surface area (TPSA) is 89.6 Å². The Hall–Kier alpha value is -1.93. The Balaban J connectivity index is 2.00. The molecule has 0 spiro atoms. The summed E-state index contributed by atoms with van der Waals surface area (Å²) >= 11 is 0. The molecule has 2 heterocycles. The van der Waals surface area contributed by atoms with E-state index < -0.39 is 18.3 Å². The Morgan fingerprint density at radius 2 is 1.79 bits per heavy atom. The smallest absolute Gasteiger partial charge is 0.399 e. The minimum Gasteiger partial charge on any atom is -0.399 e. The van der Waals surface area contributed by atoms with E-state index in [0.717, 1.165) is 5.46 Å². The second kappa shape index (κ2) is 6.90. The van der Waals surface area contributed by atoms with Crippen molar-refractivity contribution in [3.63, 3.8) is 0 Å². The molecule has 1 fully saturated rings. The van der Waals surface area contributed by atoms with Gasteiger partial charge in [-0.1, -0.05) is 0 Å². The molecule has 0 aliphatic carbocycles. The summed E-state index contributed by atoms with van der Waals surface area (Å²) in [6, 6.07) is 1.78. The third-order valence-corrected chi connectivity index (χ3v) is 4.29. The van der Waals surface area contributed by atoms with Gasteiger partial charge in [0.05, 0.1) is 23.1 Å². The van der Waals surface area contributed by atoms with Crippen LogP contribution >= 0.6 is 0 Å². The first kappa shape index (κ1) is 18.4. The quantitative estimate of drug-likeness (QED) is 0.780. The number of nitrogens with zero attached hydrogens (tertiary/aromatic N) is 1. The van der Waals surface area contributed by atoms with Crippen molar-refractivity contribution in [2.45, 2.75) is 52.2 Å². The van der Waals surface area contributed by atoms with Crippen molar-refractivity contribution in [2.75, 3.05) is 11.9 Å². The van der Waals surface area contributed by atoms with Crippen LogP contribution in [0, 0.1) is 0 Å². The molecule has 2 N–H and O–H groups in total. The van der Waals surface area contributed by atoms with Crippen molar-refractivity contribution in [2.24, 2.45) is 0 Å². The van der Waals surface area contributed by atoms with Crippen molar-refractivity contribution in [3.05, 3.63) is 18.5 Å². The molecular formula is C16H24BN3O4. The summed E-state index contributed by atoms with van der Waals surface area (Å²) in [6.07, 6.45) is 3.42. The second-order valence-corrected chi connectivity index (χ2v) is 6.88. The summed E-state index contributed by atoms with van der Waals surface area (Å²) in [4.78, 5) is 26.8. The van der Waals surface area contributed by atoms with E-state index in [2.05, 4.69) is 15.6 Å². The lowest BCUT2D eigenvalue weighted by atomic mass is 9.80. The summed E-state index contributed by atoms with van der Waals surface area (Å²) < 4.78 is 12.0. The van der Waals surface area contributed by atoms with Crippen LogP contribution in [0.3, 0.4) is 0 Å². The number of hydrogen-bond donors (Lipinski definition) is 2. The first-order chi connectivity index (χ1) is 11.1. The molecule has 0 atom stereocenters. The molecule has 24 heavy (non-hydrogen) atoms. The molecule has 7 nitrogen and oxygen atoms in total. The van der Waals surface area contributed by atoms with Crippen molar-refractivity contribution in [3.8, 4) is 0 Å². The van der Waals surface area contributed by atoms with E-state index in [9.17, 15) is 9.59 Å². The fourth-order valence-electron chi connectivity index (χ4n) is 2.21. The molecule has 0 aromatic carbocycles. The number of carbonyl (C=O) groups excluding carboxylic acids is 2. The van der Waals surface area contributed by atoms with E-state index in [1.807, 2.05) is 27.7 Å². The predicted molar refractivity (Wildman–Crippen MR) is 91.9 cm³/mol. The number of amides is 2. The Morgan fingerprint density at radius 1 is 1.17 bits per heavy atom. The zero-order valence-corrected chi connectivity index (χ0v) is 14.8. The lowest BCUT2D eigenvalue weighted by molar-refractivity contribution is -0.119. The van der Waals surface area contributed by atoms with Gasteiger partial charge < -0.3 is 19.9 Å². The van der Waals surface area contributed by atoms with Gasteiger partial charge in [0.15, 0.2) is 0 Å². The zero-order valence-electron chi connectivity index (χ0n) is 14.8. The van der Waals surface area contributed by atoms with Crippen molar-refractivity contribution in [1.29, 1.82) is 0 Å². The highest BCUT2D eigenvalue weighted by atomic mass is 16.7. The van der Waals surface area contributed by atoms with Gasteiger partial charge in [-0.25, -0.2) is 0 Å². The number of aromatic nitrogens is 1. The van der Waals surface area contributed by atoms with Gasteiger partial charge in [-0.05, 0) is 33.8 Å². The predicted octanol–water partition coefficient (Wildman–Crippen LogP) is 0.846. The molecular weight excluding hydrogens is 309 g/mol. The molecule has 2 amide bonds. The molecule has 1 aliphatic rings. The molecule has 0 unspecified atom stereocenters. The lowest BCUT2D eigenvalue weighted by Gasteiger charge is -2.32. The fraction of sp³-hybridized carbons (Fsp3) is 0.562. The average molecular weight is 333 g/mol. The van der Waals surface area contributed by atoms with E-state index in [4.69, 9.17) is 9.31 Å². The zero-order chi connectivity index (χ0) is 18.0. The van der Waals surface area contributed by atoms with Gasteiger partial charge in [0.2, 0.25) is 11.8 Å². The van der Waals surface area contributed by atoms with Gasteiger partial charge in [-0.2, -0.15) is 0 Å². The number of anilines is 1. The maximum Gasteiger partial charge on any atom is 0.496 e. The highest BCUT2D eigenvalue weighted by molar-refractivity contribution is 6.62. The van der Waals surface area contributed by atoms with Crippen LogP contribution in [0.4, 0.5) is 5.69 Å². The third-order valence-electron chi connectivity index (χ3n) is 4.29. The Morgan fingerprint density at radius 3 is 2.38 bits per heavy atom. The van der Waals surface area contributed by atoms with Gasteiger partial charge in [0, 0.05) is 31.5 Å². The third kappa shape index (κ3) is 4.33. The molecule has 0 bridgehead atoms. The molecule has 130 valence electrons. The summed E-state index contributed by atoms with van der Waals surface area (Å²) in [5.41, 5.74) is 0.438. The summed E-state index contributed by atoms with van der Waals surface area (Å²) in [7, 11) is -0.529. The van der Waals surface area contributed by atoms with Crippen molar-refractivity contribution < 1.29 is 18.9 Å². The van der Waals surface area contributed by atoms with Gasteiger partial charge in [0.25, 0.3) is 0 Å². The van der Waals surface area contributed by atoms with Gasteiger partial charge in [-0.3, -0.25) is 14.6 Å². The summed E-state index contributed by atoms with van der Waals surface area (Å²) in [6.45, 7) is 9.63. The van der Waals surface area contributed by atoms with Gasteiger partial charge in [0.1, 0.15) is 0 Å². The van der Waals surface area contributed by atoms with Crippen LogP contribution in [0.25, 0.3) is 0 Å². The number of hydrogen-bond acceptors (Lipinski definition) is 5. The molecule has 0 saturated carbocycles. The Kier molecular flexibility index (Phi) is 5.30. The molecule has 1 aromatic heterocycles.